The summed E-state index contributed by atoms with van der Waals surface area (Å²) in [6, 6.07) is 8.36. The van der Waals surface area contributed by atoms with Gasteiger partial charge in [-0.3, -0.25) is 0 Å². The third-order valence-corrected chi connectivity index (χ3v) is 4.11. The molecule has 1 fully saturated rings. The largest absolute Gasteiger partial charge is 0.487 e. The quantitative estimate of drug-likeness (QED) is 0.540. The fraction of sp³-hybridized carbons (Fsp3) is 0.556. The molecule has 0 unspecified atom stereocenters. The summed E-state index contributed by atoms with van der Waals surface area (Å²) in [6.07, 6.45) is 8.77. The maximum atomic E-state index is 6.41. The Morgan fingerprint density at radius 1 is 1.30 bits per heavy atom. The Kier molecular flexibility index (Phi) is 5.66. The third kappa shape index (κ3) is 3.86. The summed E-state index contributed by atoms with van der Waals surface area (Å²) >= 11 is 0. The molecule has 1 aromatic rings. The molecule has 0 spiro atoms. The van der Waals surface area contributed by atoms with Gasteiger partial charge >= 0.3 is 0 Å². The molecule has 2 nitrogen and oxygen atoms in total. The molecule has 0 aliphatic heterocycles. The Balaban J connectivity index is 1.97. The topological polar surface area (TPSA) is 21.3 Å². The van der Waals surface area contributed by atoms with Crippen LogP contribution in [0.15, 0.2) is 36.9 Å². The van der Waals surface area contributed by atoms with Gasteiger partial charge in [0.1, 0.15) is 11.4 Å². The first kappa shape index (κ1) is 15.1. The van der Waals surface area contributed by atoms with Crippen LogP contribution >= 0.6 is 0 Å². The molecule has 0 radical (unpaired) electrons. The lowest BCUT2D eigenvalue weighted by Crippen LogP contribution is -2.45. The minimum atomic E-state index is 0.0675. The van der Waals surface area contributed by atoms with Crippen LogP contribution in [0.2, 0.25) is 0 Å². The normalized spacial score (nSPS) is 16.4. The fourth-order valence-corrected chi connectivity index (χ4v) is 2.75. The maximum absolute atomic E-state index is 6.41. The van der Waals surface area contributed by atoms with Crippen molar-refractivity contribution in [2.24, 2.45) is 0 Å². The minimum absolute atomic E-state index is 0.0675. The highest BCUT2D eigenvalue weighted by Gasteiger charge is 2.39. The molecule has 1 saturated carbocycles. The fourth-order valence-electron chi connectivity index (χ4n) is 2.75. The first-order valence-corrected chi connectivity index (χ1v) is 7.88. The van der Waals surface area contributed by atoms with Crippen molar-refractivity contribution in [1.82, 2.24) is 5.32 Å². The molecule has 0 bridgehead atoms. The summed E-state index contributed by atoms with van der Waals surface area (Å²) in [5, 5.41) is 3.49. The molecule has 0 aromatic heterocycles. The van der Waals surface area contributed by atoms with E-state index < -0.39 is 0 Å². The van der Waals surface area contributed by atoms with Gasteiger partial charge in [0.15, 0.2) is 0 Å². The molecule has 0 amide bonds. The highest BCUT2D eigenvalue weighted by atomic mass is 16.5. The van der Waals surface area contributed by atoms with Gasteiger partial charge in [-0.25, -0.2) is 0 Å². The van der Waals surface area contributed by atoms with Crippen molar-refractivity contribution in [3.8, 4) is 5.75 Å². The monoisotopic (exact) mass is 273 g/mol. The van der Waals surface area contributed by atoms with Crippen molar-refractivity contribution in [3.05, 3.63) is 42.5 Å². The lowest BCUT2D eigenvalue weighted by atomic mass is 9.77. The summed E-state index contributed by atoms with van der Waals surface area (Å²) in [5.41, 5.74) is 1.31. The third-order valence-electron chi connectivity index (χ3n) is 4.11. The zero-order valence-electron chi connectivity index (χ0n) is 12.7. The molecule has 1 aliphatic rings. The summed E-state index contributed by atoms with van der Waals surface area (Å²) in [4.78, 5) is 0. The van der Waals surface area contributed by atoms with Crippen LogP contribution in [0.1, 0.15) is 44.6 Å². The Morgan fingerprint density at radius 2 is 2.10 bits per heavy atom. The number of nitrogens with one attached hydrogen (secondary N) is 1. The Bertz CT molecular complexity index is 423. The van der Waals surface area contributed by atoms with Crippen molar-refractivity contribution in [3.63, 3.8) is 0 Å². The van der Waals surface area contributed by atoms with E-state index in [1.807, 2.05) is 6.08 Å². The van der Waals surface area contributed by atoms with Crippen LogP contribution in [0, 0.1) is 0 Å². The van der Waals surface area contributed by atoms with E-state index in [-0.39, 0.29) is 5.60 Å². The number of hydrogen-bond donors (Lipinski definition) is 1. The predicted octanol–water partition coefficient (Wildman–Crippen LogP) is 4.11. The molecule has 1 aromatic carbocycles. The first-order valence-electron chi connectivity index (χ1n) is 7.88. The Labute approximate surface area is 123 Å². The number of benzene rings is 1. The second-order valence-electron chi connectivity index (χ2n) is 5.74. The van der Waals surface area contributed by atoms with Crippen LogP contribution in [-0.2, 0) is 6.42 Å². The van der Waals surface area contributed by atoms with Gasteiger partial charge in [0, 0.05) is 0 Å². The number of para-hydroxylation sites is 1. The molecular formula is C18H27NO. The van der Waals surface area contributed by atoms with Crippen molar-refractivity contribution in [2.45, 2.75) is 51.0 Å². The Morgan fingerprint density at radius 3 is 2.75 bits per heavy atom. The van der Waals surface area contributed by atoms with Crippen LogP contribution < -0.4 is 10.1 Å². The van der Waals surface area contributed by atoms with Gasteiger partial charge in [-0.2, -0.15) is 0 Å². The lowest BCUT2D eigenvalue weighted by Gasteiger charge is -2.42. The summed E-state index contributed by atoms with van der Waals surface area (Å²) in [5.74, 6) is 1.04. The van der Waals surface area contributed by atoms with Crippen LogP contribution in [-0.4, -0.2) is 18.7 Å². The van der Waals surface area contributed by atoms with E-state index in [0.717, 1.165) is 31.7 Å². The van der Waals surface area contributed by atoms with Gasteiger partial charge in [0.05, 0.1) is 0 Å². The van der Waals surface area contributed by atoms with Crippen LogP contribution in [0.5, 0.6) is 5.75 Å². The average Bonchev–Trinajstić information content (AvgIpc) is 2.42. The molecule has 1 N–H and O–H groups in total. The molecule has 0 saturated heterocycles. The van der Waals surface area contributed by atoms with Crippen molar-refractivity contribution in [1.29, 1.82) is 0 Å². The molecule has 20 heavy (non-hydrogen) atoms. The minimum Gasteiger partial charge on any atom is -0.487 e. The average molecular weight is 273 g/mol. The molecule has 2 rings (SSSR count). The summed E-state index contributed by atoms with van der Waals surface area (Å²) < 4.78 is 6.41. The molecule has 0 heterocycles. The van der Waals surface area contributed by atoms with Crippen molar-refractivity contribution < 1.29 is 4.74 Å². The highest BCUT2D eigenvalue weighted by Crippen LogP contribution is 2.40. The van der Waals surface area contributed by atoms with Gasteiger partial charge in [0.2, 0.25) is 0 Å². The van der Waals surface area contributed by atoms with E-state index in [1.54, 1.807) is 0 Å². The highest BCUT2D eigenvalue weighted by molar-refractivity contribution is 5.35. The summed E-state index contributed by atoms with van der Waals surface area (Å²) in [7, 11) is 0. The van der Waals surface area contributed by atoms with E-state index in [4.69, 9.17) is 4.74 Å². The smallest absolute Gasteiger partial charge is 0.123 e. The van der Waals surface area contributed by atoms with Crippen molar-refractivity contribution in [2.75, 3.05) is 13.1 Å². The van der Waals surface area contributed by atoms with E-state index in [1.165, 1.54) is 31.2 Å². The number of hydrogen-bond acceptors (Lipinski definition) is 2. The van der Waals surface area contributed by atoms with Crippen LogP contribution in [0.4, 0.5) is 0 Å². The van der Waals surface area contributed by atoms with Gasteiger partial charge in [-0.1, -0.05) is 31.2 Å². The van der Waals surface area contributed by atoms with E-state index in [9.17, 15) is 0 Å². The van der Waals surface area contributed by atoms with E-state index in [2.05, 4.69) is 43.1 Å². The molecule has 2 heteroatoms. The molecule has 110 valence electrons. The first-order chi connectivity index (χ1) is 9.79. The number of allylic oxidation sites excluding steroid dienone is 1. The molecule has 1 aliphatic carbocycles. The number of ether oxygens (including phenoxy) is 1. The SMILES string of the molecule is C=CCc1ccccc1OC1(CCNCCC)CCC1. The molecular weight excluding hydrogens is 246 g/mol. The van der Waals surface area contributed by atoms with Gasteiger partial charge in [-0.05, 0) is 63.2 Å². The maximum Gasteiger partial charge on any atom is 0.123 e. The van der Waals surface area contributed by atoms with E-state index >= 15 is 0 Å². The second kappa shape index (κ2) is 7.49. The predicted molar refractivity (Wildman–Crippen MR) is 85.3 cm³/mol. The van der Waals surface area contributed by atoms with Crippen molar-refractivity contribution >= 4 is 0 Å². The summed E-state index contributed by atoms with van der Waals surface area (Å²) in [6.45, 7) is 8.19. The zero-order valence-corrected chi connectivity index (χ0v) is 12.7. The lowest BCUT2D eigenvalue weighted by molar-refractivity contribution is -0.0148. The van der Waals surface area contributed by atoms with Gasteiger partial charge in [-0.15, -0.1) is 6.58 Å². The van der Waals surface area contributed by atoms with Gasteiger partial charge in [0.25, 0.3) is 0 Å². The van der Waals surface area contributed by atoms with E-state index in [0.29, 0.717) is 0 Å². The van der Waals surface area contributed by atoms with Crippen LogP contribution in [0.25, 0.3) is 0 Å². The standard InChI is InChI=1S/C18H27NO/c1-3-8-16-9-5-6-10-17(16)20-18(11-7-12-18)13-15-19-14-4-2/h3,5-6,9-10,19H,1,4,7-8,11-15H2,2H3. The second-order valence-corrected chi connectivity index (χ2v) is 5.74. The zero-order chi connectivity index (χ0) is 14.3. The number of rotatable bonds is 9. The van der Waals surface area contributed by atoms with Crippen LogP contribution in [0.3, 0.4) is 0 Å². The Hall–Kier alpha value is -1.28. The van der Waals surface area contributed by atoms with Gasteiger partial charge < -0.3 is 10.1 Å². The molecule has 0 atom stereocenters.